The Balaban J connectivity index is 1.47. The number of benzene rings is 1. The summed E-state index contributed by atoms with van der Waals surface area (Å²) in [6, 6.07) is 10.2. The first kappa shape index (κ1) is 26.5. The zero-order valence-corrected chi connectivity index (χ0v) is 23.3. The number of nitrogens with zero attached hydrogens (tertiary/aromatic N) is 6. The maximum atomic E-state index is 15.1. The Morgan fingerprint density at radius 1 is 1.20 bits per heavy atom. The molecule has 11 nitrogen and oxygen atoms in total. The number of amides is 1. The number of carbonyl (C=O) groups excluding carboxylic acids is 1. The first-order chi connectivity index (χ1) is 19.2. The molecule has 5 heterocycles. The molecule has 40 heavy (non-hydrogen) atoms. The van der Waals surface area contributed by atoms with E-state index in [1.807, 2.05) is 4.57 Å². The number of sulfonamides is 1. The first-order valence-electron chi connectivity index (χ1n) is 12.2. The molecule has 0 bridgehead atoms. The highest BCUT2D eigenvalue weighted by molar-refractivity contribution is 7.88. The average molecular weight is 601 g/mol. The van der Waals surface area contributed by atoms with E-state index in [1.165, 1.54) is 16.7 Å². The molecule has 1 unspecified atom stereocenters. The molecule has 1 amide bonds. The van der Waals surface area contributed by atoms with Gasteiger partial charge >= 0.3 is 0 Å². The second kappa shape index (κ2) is 10.4. The Bertz CT molecular complexity index is 1820. The standard InChI is InChI=1S/C25H22ClFN8O3S2/c1-40(37,38)34-11-14(31-25(36)21-6-7-22(26)39-21)8-15(12-34)35-20-9-18(23-29-13-30-33-23)28-10-19(20)32-24(35)16-4-2-3-5-17(16)27/h2-7,9-10,13-15H,8,11-12H2,1H3,(H,31,36)(H,29,30,33)/t14?,15-/m0/s1. The highest BCUT2D eigenvalue weighted by Crippen LogP contribution is 2.35. The molecule has 2 atom stereocenters. The number of hydrogen-bond donors (Lipinski definition) is 2. The molecule has 1 aliphatic heterocycles. The number of imidazole rings is 1. The largest absolute Gasteiger partial charge is 0.347 e. The number of halogens is 2. The molecule has 1 aliphatic rings. The second-order valence-corrected chi connectivity index (χ2v) is 13.1. The van der Waals surface area contributed by atoms with Gasteiger partial charge in [0.05, 0.1) is 38.8 Å². The van der Waals surface area contributed by atoms with Gasteiger partial charge in [0.1, 0.15) is 29.2 Å². The Morgan fingerprint density at radius 3 is 2.73 bits per heavy atom. The van der Waals surface area contributed by atoms with Crippen molar-refractivity contribution >= 4 is 49.9 Å². The topological polar surface area (TPSA) is 139 Å². The predicted octanol–water partition coefficient (Wildman–Crippen LogP) is 3.74. The van der Waals surface area contributed by atoms with Crippen LogP contribution in [-0.2, 0) is 10.0 Å². The lowest BCUT2D eigenvalue weighted by Crippen LogP contribution is -2.52. The number of thiophene rings is 1. The van der Waals surface area contributed by atoms with Gasteiger partial charge in [0.2, 0.25) is 10.0 Å². The number of hydrogen-bond acceptors (Lipinski definition) is 8. The van der Waals surface area contributed by atoms with Crippen LogP contribution in [0.5, 0.6) is 0 Å². The van der Waals surface area contributed by atoms with E-state index in [0.29, 0.717) is 44.0 Å². The molecule has 1 saturated heterocycles. The van der Waals surface area contributed by atoms with E-state index in [0.717, 1.165) is 17.6 Å². The Morgan fingerprint density at radius 2 is 2.02 bits per heavy atom. The smallest absolute Gasteiger partial charge is 0.261 e. The lowest BCUT2D eigenvalue weighted by atomic mass is 10.0. The van der Waals surface area contributed by atoms with Crippen molar-refractivity contribution in [1.82, 2.24) is 39.3 Å². The fourth-order valence-corrected chi connectivity index (χ4v) is 6.79. The number of pyridine rings is 1. The van der Waals surface area contributed by atoms with E-state index in [1.54, 1.807) is 42.6 Å². The molecule has 2 N–H and O–H groups in total. The van der Waals surface area contributed by atoms with Crippen LogP contribution in [-0.4, -0.2) is 73.7 Å². The van der Waals surface area contributed by atoms with Crippen LogP contribution in [0, 0.1) is 5.82 Å². The molecule has 1 aromatic carbocycles. The third-order valence-corrected chi connectivity index (χ3v) is 9.18. The molecular weight excluding hydrogens is 579 g/mol. The van der Waals surface area contributed by atoms with Crippen molar-refractivity contribution < 1.29 is 17.6 Å². The molecule has 0 spiro atoms. The summed E-state index contributed by atoms with van der Waals surface area (Å²) in [4.78, 5) is 26.7. The molecule has 0 saturated carbocycles. The van der Waals surface area contributed by atoms with Crippen LogP contribution in [0.3, 0.4) is 0 Å². The van der Waals surface area contributed by atoms with Gasteiger partial charge in [0, 0.05) is 19.1 Å². The molecule has 0 radical (unpaired) electrons. The predicted molar refractivity (Wildman–Crippen MR) is 149 cm³/mol. The van der Waals surface area contributed by atoms with Gasteiger partial charge in [0.25, 0.3) is 5.91 Å². The molecule has 1 fully saturated rings. The summed E-state index contributed by atoms with van der Waals surface area (Å²) in [6.45, 7) is 0.190. The Hall–Kier alpha value is -3.72. The SMILES string of the molecule is CS(=O)(=O)N1CC(NC(=O)c2ccc(Cl)s2)C[C@H](n2c(-c3ccccc3F)nc3cnc(-c4ncn[nH]4)cc32)C1. The molecule has 4 aromatic heterocycles. The minimum absolute atomic E-state index is 0.0900. The second-order valence-electron chi connectivity index (χ2n) is 9.42. The van der Waals surface area contributed by atoms with Gasteiger partial charge in [0.15, 0.2) is 5.82 Å². The van der Waals surface area contributed by atoms with Crippen LogP contribution in [0.25, 0.3) is 33.9 Å². The summed E-state index contributed by atoms with van der Waals surface area (Å²) in [5.74, 6) is -0.0707. The van der Waals surface area contributed by atoms with Crippen molar-refractivity contribution in [2.75, 3.05) is 19.3 Å². The number of nitrogens with one attached hydrogen (secondary N) is 2. The fourth-order valence-electron chi connectivity index (χ4n) is 4.95. The van der Waals surface area contributed by atoms with Crippen LogP contribution in [0.15, 0.2) is 55.0 Å². The normalized spacial score (nSPS) is 18.3. The van der Waals surface area contributed by atoms with Crippen molar-refractivity contribution in [3.63, 3.8) is 0 Å². The summed E-state index contributed by atoms with van der Waals surface area (Å²) in [7, 11) is -3.64. The maximum Gasteiger partial charge on any atom is 0.261 e. The summed E-state index contributed by atoms with van der Waals surface area (Å²) >= 11 is 7.15. The summed E-state index contributed by atoms with van der Waals surface area (Å²) in [6.07, 6.45) is 4.42. The first-order valence-corrected chi connectivity index (χ1v) is 15.2. The van der Waals surface area contributed by atoms with E-state index in [-0.39, 0.29) is 24.6 Å². The quantitative estimate of drug-likeness (QED) is 0.303. The van der Waals surface area contributed by atoms with E-state index in [4.69, 9.17) is 16.6 Å². The van der Waals surface area contributed by atoms with Gasteiger partial charge in [-0.3, -0.25) is 14.9 Å². The lowest BCUT2D eigenvalue weighted by Gasteiger charge is -2.38. The number of aromatic amines is 1. The Labute approximate surface area is 237 Å². The van der Waals surface area contributed by atoms with E-state index >= 15 is 4.39 Å². The van der Waals surface area contributed by atoms with Gasteiger partial charge in [-0.1, -0.05) is 23.7 Å². The molecule has 15 heteroatoms. The highest BCUT2D eigenvalue weighted by atomic mass is 35.5. The highest BCUT2D eigenvalue weighted by Gasteiger charge is 2.36. The van der Waals surface area contributed by atoms with E-state index in [2.05, 4.69) is 25.5 Å². The Kier molecular flexibility index (Phi) is 6.86. The van der Waals surface area contributed by atoms with Gasteiger partial charge < -0.3 is 9.88 Å². The van der Waals surface area contributed by atoms with Crippen LogP contribution in [0.1, 0.15) is 22.1 Å². The van der Waals surface area contributed by atoms with Crippen molar-refractivity contribution in [1.29, 1.82) is 0 Å². The number of rotatable bonds is 6. The zero-order valence-electron chi connectivity index (χ0n) is 21.0. The minimum Gasteiger partial charge on any atom is -0.347 e. The van der Waals surface area contributed by atoms with E-state index in [9.17, 15) is 13.2 Å². The van der Waals surface area contributed by atoms with Gasteiger partial charge in [-0.05, 0) is 36.8 Å². The van der Waals surface area contributed by atoms with Crippen LogP contribution in [0.4, 0.5) is 4.39 Å². The molecule has 6 rings (SSSR count). The van der Waals surface area contributed by atoms with Crippen molar-refractivity contribution in [2.24, 2.45) is 0 Å². The number of fused-ring (bicyclic) bond motifs is 1. The molecular formula is C25H22ClFN8O3S2. The molecule has 206 valence electrons. The third-order valence-electron chi connectivity index (χ3n) is 6.71. The zero-order chi connectivity index (χ0) is 28.0. The van der Waals surface area contributed by atoms with Crippen molar-refractivity contribution in [2.45, 2.75) is 18.5 Å². The number of piperidine rings is 1. The van der Waals surface area contributed by atoms with Crippen LogP contribution < -0.4 is 5.32 Å². The number of carbonyl (C=O) groups is 1. The van der Waals surface area contributed by atoms with Crippen molar-refractivity contribution in [3.8, 4) is 22.9 Å². The molecule has 0 aliphatic carbocycles. The summed E-state index contributed by atoms with van der Waals surface area (Å²) in [5, 5.41) is 9.63. The summed E-state index contributed by atoms with van der Waals surface area (Å²) in [5.41, 5.74) is 1.84. The van der Waals surface area contributed by atoms with Gasteiger partial charge in [-0.2, -0.15) is 9.40 Å². The average Bonchev–Trinajstić information content (AvgIpc) is 3.68. The lowest BCUT2D eigenvalue weighted by molar-refractivity contribution is 0.0914. The van der Waals surface area contributed by atoms with Crippen LogP contribution in [0.2, 0.25) is 4.34 Å². The number of H-pyrrole nitrogens is 1. The molecule has 5 aromatic rings. The third kappa shape index (κ3) is 5.10. The monoisotopic (exact) mass is 600 g/mol. The van der Waals surface area contributed by atoms with Crippen LogP contribution >= 0.6 is 22.9 Å². The van der Waals surface area contributed by atoms with Gasteiger partial charge in [-0.25, -0.2) is 22.8 Å². The minimum atomic E-state index is -3.64. The fraction of sp³-hybridized carbons (Fsp3) is 0.240. The summed E-state index contributed by atoms with van der Waals surface area (Å²) < 4.78 is 44.3. The van der Waals surface area contributed by atoms with Gasteiger partial charge in [-0.15, -0.1) is 11.3 Å². The maximum absolute atomic E-state index is 15.1. The number of aromatic nitrogens is 6. The van der Waals surface area contributed by atoms with Crippen molar-refractivity contribution in [3.05, 3.63) is 70.0 Å². The van der Waals surface area contributed by atoms with E-state index < -0.39 is 27.9 Å².